The Labute approximate surface area is 111 Å². The van der Waals surface area contributed by atoms with Crippen molar-refractivity contribution in [2.75, 3.05) is 20.2 Å². The summed E-state index contributed by atoms with van der Waals surface area (Å²) in [4.78, 5) is 10.8. The highest BCUT2D eigenvalue weighted by Crippen LogP contribution is 2.29. The van der Waals surface area contributed by atoms with E-state index < -0.39 is 0 Å². The lowest BCUT2D eigenvalue weighted by molar-refractivity contribution is 0.324. The van der Waals surface area contributed by atoms with Crippen LogP contribution >= 0.6 is 15.9 Å². The molecule has 0 amide bonds. The molecular formula is C12H18BrN3O. The number of aryl methyl sites for hydroxylation is 1. The number of rotatable bonds is 5. The topological polar surface area (TPSA) is 37.7 Å². The van der Waals surface area contributed by atoms with E-state index in [4.69, 9.17) is 4.74 Å². The number of aromatic nitrogens is 1. The van der Waals surface area contributed by atoms with Crippen LogP contribution in [-0.4, -0.2) is 36.4 Å². The zero-order valence-electron chi connectivity index (χ0n) is 10.7. The highest BCUT2D eigenvalue weighted by Gasteiger charge is 2.07. The van der Waals surface area contributed by atoms with Crippen molar-refractivity contribution in [3.05, 3.63) is 16.2 Å². The van der Waals surface area contributed by atoms with Gasteiger partial charge in [-0.15, -0.1) is 0 Å². The van der Waals surface area contributed by atoms with Gasteiger partial charge in [-0.2, -0.15) is 0 Å². The Balaban J connectivity index is 2.95. The molecule has 1 aromatic rings. The largest absolute Gasteiger partial charge is 0.477 e. The molecule has 0 N–H and O–H groups in total. The summed E-state index contributed by atoms with van der Waals surface area (Å²) in [5.41, 5.74) is 1.71. The fourth-order valence-corrected chi connectivity index (χ4v) is 1.58. The molecule has 0 aromatic carbocycles. The number of hydrogen-bond donors (Lipinski definition) is 0. The number of ether oxygens (including phenoxy) is 1. The van der Waals surface area contributed by atoms with Crippen LogP contribution in [0.1, 0.15) is 19.5 Å². The summed E-state index contributed by atoms with van der Waals surface area (Å²) in [6, 6.07) is 1.92. The molecule has 0 aliphatic rings. The first-order valence-electron chi connectivity index (χ1n) is 5.62. The molecule has 0 saturated carbocycles. The quantitative estimate of drug-likeness (QED) is 0.619. The van der Waals surface area contributed by atoms with E-state index in [9.17, 15) is 0 Å². The Morgan fingerprint density at radius 3 is 2.82 bits per heavy atom. The van der Waals surface area contributed by atoms with Crippen LogP contribution in [-0.2, 0) is 0 Å². The highest BCUT2D eigenvalue weighted by atomic mass is 79.9. The first-order valence-corrected chi connectivity index (χ1v) is 6.42. The van der Waals surface area contributed by atoms with Gasteiger partial charge >= 0.3 is 0 Å². The molecule has 5 heteroatoms. The standard InChI is InChI=1S/C12H18BrN3O/c1-5-16(4)8-14-11-7-10(13)12(17-6-2)15-9(11)3/h7-8H,5-6H2,1-4H3. The maximum atomic E-state index is 5.40. The molecule has 1 aromatic heterocycles. The average molecular weight is 300 g/mol. The van der Waals surface area contributed by atoms with Crippen molar-refractivity contribution in [3.63, 3.8) is 0 Å². The molecule has 0 radical (unpaired) electrons. The first-order chi connectivity index (χ1) is 8.08. The predicted octanol–water partition coefficient (Wildman–Crippen LogP) is 3.16. The van der Waals surface area contributed by atoms with Gasteiger partial charge < -0.3 is 9.64 Å². The number of aliphatic imine (C=N–C) groups is 1. The second-order valence-electron chi connectivity index (χ2n) is 3.63. The van der Waals surface area contributed by atoms with E-state index in [1.165, 1.54) is 0 Å². The second kappa shape index (κ2) is 6.59. The average Bonchev–Trinajstić information content (AvgIpc) is 2.31. The molecule has 0 bridgehead atoms. The van der Waals surface area contributed by atoms with Gasteiger partial charge in [-0.1, -0.05) is 0 Å². The van der Waals surface area contributed by atoms with Gasteiger partial charge in [-0.25, -0.2) is 9.98 Å². The van der Waals surface area contributed by atoms with Crippen LogP contribution in [0.4, 0.5) is 5.69 Å². The maximum Gasteiger partial charge on any atom is 0.228 e. The molecule has 0 aliphatic carbocycles. The summed E-state index contributed by atoms with van der Waals surface area (Å²) >= 11 is 3.43. The van der Waals surface area contributed by atoms with Gasteiger partial charge in [-0.05, 0) is 42.8 Å². The molecule has 4 nitrogen and oxygen atoms in total. The van der Waals surface area contributed by atoms with Crippen molar-refractivity contribution in [1.82, 2.24) is 9.88 Å². The Bertz CT molecular complexity index is 407. The van der Waals surface area contributed by atoms with Crippen LogP contribution in [0.5, 0.6) is 5.88 Å². The van der Waals surface area contributed by atoms with Gasteiger partial charge in [0.1, 0.15) is 0 Å². The van der Waals surface area contributed by atoms with E-state index in [-0.39, 0.29) is 0 Å². The highest BCUT2D eigenvalue weighted by molar-refractivity contribution is 9.10. The molecule has 0 spiro atoms. The van der Waals surface area contributed by atoms with Crippen LogP contribution in [0.25, 0.3) is 0 Å². The predicted molar refractivity (Wildman–Crippen MR) is 74.3 cm³/mol. The fourth-order valence-electron chi connectivity index (χ4n) is 1.16. The van der Waals surface area contributed by atoms with E-state index in [1.54, 1.807) is 6.34 Å². The van der Waals surface area contributed by atoms with E-state index in [1.807, 2.05) is 31.9 Å². The summed E-state index contributed by atoms with van der Waals surface area (Å²) in [5.74, 6) is 0.618. The Hall–Kier alpha value is -1.10. The van der Waals surface area contributed by atoms with Gasteiger partial charge in [-0.3, -0.25) is 0 Å². The lowest BCUT2D eigenvalue weighted by Gasteiger charge is -2.10. The molecule has 0 atom stereocenters. The van der Waals surface area contributed by atoms with Crippen molar-refractivity contribution in [1.29, 1.82) is 0 Å². The normalized spacial score (nSPS) is 10.9. The number of halogens is 1. The molecular weight excluding hydrogens is 282 g/mol. The van der Waals surface area contributed by atoms with Crippen LogP contribution in [0, 0.1) is 6.92 Å². The Morgan fingerprint density at radius 2 is 2.24 bits per heavy atom. The Morgan fingerprint density at radius 1 is 1.53 bits per heavy atom. The number of hydrogen-bond acceptors (Lipinski definition) is 3. The van der Waals surface area contributed by atoms with Crippen molar-refractivity contribution >= 4 is 28.0 Å². The van der Waals surface area contributed by atoms with Crippen molar-refractivity contribution in [2.45, 2.75) is 20.8 Å². The first kappa shape index (κ1) is 14.0. The summed E-state index contributed by atoms with van der Waals surface area (Å²) in [7, 11) is 1.98. The van der Waals surface area contributed by atoms with Crippen molar-refractivity contribution in [3.8, 4) is 5.88 Å². The lowest BCUT2D eigenvalue weighted by atomic mass is 10.3. The van der Waals surface area contributed by atoms with Gasteiger partial charge in [0.2, 0.25) is 5.88 Å². The van der Waals surface area contributed by atoms with Gasteiger partial charge in [0.25, 0.3) is 0 Å². The zero-order chi connectivity index (χ0) is 12.8. The molecule has 1 rings (SSSR count). The monoisotopic (exact) mass is 299 g/mol. The molecule has 0 unspecified atom stereocenters. The van der Waals surface area contributed by atoms with E-state index in [2.05, 4.69) is 32.8 Å². The summed E-state index contributed by atoms with van der Waals surface area (Å²) in [6.45, 7) is 7.46. The minimum Gasteiger partial charge on any atom is -0.477 e. The summed E-state index contributed by atoms with van der Waals surface area (Å²) in [5, 5.41) is 0. The van der Waals surface area contributed by atoms with Crippen molar-refractivity contribution < 1.29 is 4.74 Å². The van der Waals surface area contributed by atoms with Gasteiger partial charge in [0.05, 0.1) is 28.8 Å². The fraction of sp³-hybridized carbons (Fsp3) is 0.500. The second-order valence-corrected chi connectivity index (χ2v) is 4.49. The van der Waals surface area contributed by atoms with Crippen LogP contribution < -0.4 is 4.74 Å². The van der Waals surface area contributed by atoms with Crippen LogP contribution in [0.3, 0.4) is 0 Å². The number of nitrogens with zero attached hydrogens (tertiary/aromatic N) is 3. The number of pyridine rings is 1. The molecule has 0 saturated heterocycles. The van der Waals surface area contributed by atoms with Crippen molar-refractivity contribution in [2.24, 2.45) is 4.99 Å². The van der Waals surface area contributed by atoms with Crippen LogP contribution in [0.15, 0.2) is 15.5 Å². The third kappa shape index (κ3) is 4.00. The zero-order valence-corrected chi connectivity index (χ0v) is 12.3. The van der Waals surface area contributed by atoms with Crippen LogP contribution in [0.2, 0.25) is 0 Å². The minimum absolute atomic E-state index is 0.603. The molecule has 1 heterocycles. The van der Waals surface area contributed by atoms with E-state index >= 15 is 0 Å². The molecule has 17 heavy (non-hydrogen) atoms. The lowest BCUT2D eigenvalue weighted by Crippen LogP contribution is -2.14. The summed E-state index contributed by atoms with van der Waals surface area (Å²) in [6.07, 6.45) is 1.80. The van der Waals surface area contributed by atoms with E-state index in [0.717, 1.165) is 22.4 Å². The molecule has 0 aliphatic heterocycles. The Kier molecular flexibility index (Phi) is 5.41. The molecule has 94 valence electrons. The summed E-state index contributed by atoms with van der Waals surface area (Å²) < 4.78 is 6.23. The minimum atomic E-state index is 0.603. The van der Waals surface area contributed by atoms with Gasteiger partial charge in [0.15, 0.2) is 0 Å². The molecule has 0 fully saturated rings. The van der Waals surface area contributed by atoms with Gasteiger partial charge in [0, 0.05) is 13.6 Å². The third-order valence-electron chi connectivity index (χ3n) is 2.28. The maximum absolute atomic E-state index is 5.40. The smallest absolute Gasteiger partial charge is 0.228 e. The SMILES string of the molecule is CCOc1nc(C)c(N=CN(C)CC)cc1Br. The van der Waals surface area contributed by atoms with E-state index in [0.29, 0.717) is 12.5 Å². The third-order valence-corrected chi connectivity index (χ3v) is 2.85.